The molecule has 0 bridgehead atoms. The third-order valence-electron chi connectivity index (χ3n) is 8.42. The second-order valence-corrected chi connectivity index (χ2v) is 14.2. The lowest BCUT2D eigenvalue weighted by Crippen LogP contribution is -2.46. The first kappa shape index (κ1) is 34.1. The van der Waals surface area contributed by atoms with E-state index in [4.69, 9.17) is 9.47 Å². The Balaban J connectivity index is 1.21. The quantitative estimate of drug-likeness (QED) is 0.137. The van der Waals surface area contributed by atoms with Crippen LogP contribution in [0.15, 0.2) is 48.8 Å². The molecule has 2 aromatic heterocycles. The van der Waals surface area contributed by atoms with Crippen LogP contribution in [0.3, 0.4) is 0 Å². The van der Waals surface area contributed by atoms with E-state index in [1.165, 1.54) is 31.3 Å². The molecule has 11 heteroatoms. The van der Waals surface area contributed by atoms with Crippen LogP contribution in [-0.4, -0.2) is 63.8 Å². The van der Waals surface area contributed by atoms with Crippen molar-refractivity contribution in [3.63, 3.8) is 0 Å². The average Bonchev–Trinajstić information content (AvgIpc) is 3.62. The van der Waals surface area contributed by atoms with Gasteiger partial charge >= 0.3 is 0 Å². The molecule has 1 amide bonds. The second-order valence-electron chi connectivity index (χ2n) is 14.2. The molecule has 1 aliphatic rings. The molecule has 4 aromatic rings. The minimum absolute atomic E-state index is 0.0370. The van der Waals surface area contributed by atoms with Gasteiger partial charge in [0.15, 0.2) is 17.3 Å². The van der Waals surface area contributed by atoms with Crippen molar-refractivity contribution in [1.82, 2.24) is 25.1 Å². The van der Waals surface area contributed by atoms with E-state index in [-0.39, 0.29) is 23.2 Å². The predicted octanol–water partition coefficient (Wildman–Crippen LogP) is 7.33. The standard InChI is InChI=1S/C36H47FN7O3/c1-35(2,3)33(36(4,5)6)28-13-9-14-44(28)15-10-16-47-30-21-27-26(20-29(30)46-7)34(39-22-38-27)41-31-18-25(42-43-31)19-32(45)40-24-12-8-11-23(37)17-24/h8,11-12,17-18,20-22,28H,9-10,13-16,19H2,1-7H3,(H,40,45)(H2,38,39,41,42,43)/t28-/m0/s1. The molecule has 0 spiro atoms. The summed E-state index contributed by atoms with van der Waals surface area (Å²) in [5, 5.41) is 13.8. The van der Waals surface area contributed by atoms with Gasteiger partial charge in [0, 0.05) is 47.4 Å². The lowest BCUT2D eigenvalue weighted by Gasteiger charge is -2.46. The Morgan fingerprint density at radius 2 is 1.85 bits per heavy atom. The average molecular weight is 645 g/mol. The van der Waals surface area contributed by atoms with E-state index in [1.54, 1.807) is 31.2 Å². The van der Waals surface area contributed by atoms with E-state index < -0.39 is 5.82 Å². The van der Waals surface area contributed by atoms with Crippen LogP contribution in [-0.2, 0) is 11.2 Å². The monoisotopic (exact) mass is 644 g/mol. The maximum Gasteiger partial charge on any atom is 0.230 e. The second kappa shape index (κ2) is 14.3. The fourth-order valence-electron chi connectivity index (χ4n) is 7.01. The lowest BCUT2D eigenvalue weighted by molar-refractivity contribution is -0.115. The van der Waals surface area contributed by atoms with Crippen molar-refractivity contribution in [2.45, 2.75) is 73.3 Å². The van der Waals surface area contributed by atoms with E-state index in [0.29, 0.717) is 52.7 Å². The number of aromatic nitrogens is 4. The number of anilines is 3. The maximum atomic E-state index is 13.4. The summed E-state index contributed by atoms with van der Waals surface area (Å²) in [5.41, 5.74) is 1.97. The summed E-state index contributed by atoms with van der Waals surface area (Å²) < 4.78 is 25.4. The first-order valence-electron chi connectivity index (χ1n) is 16.3. The minimum Gasteiger partial charge on any atom is -0.493 e. The number of hydrogen-bond donors (Lipinski definition) is 3. The van der Waals surface area contributed by atoms with Gasteiger partial charge in [-0.2, -0.15) is 5.10 Å². The third-order valence-corrected chi connectivity index (χ3v) is 8.42. The number of likely N-dealkylation sites (tertiary alicyclic amines) is 1. The highest BCUT2D eigenvalue weighted by atomic mass is 19.1. The highest BCUT2D eigenvalue weighted by Crippen LogP contribution is 2.48. The summed E-state index contributed by atoms with van der Waals surface area (Å²) in [6.45, 7) is 16.7. The van der Waals surface area contributed by atoms with Gasteiger partial charge in [-0.05, 0) is 60.9 Å². The Morgan fingerprint density at radius 3 is 2.57 bits per heavy atom. The van der Waals surface area contributed by atoms with Gasteiger partial charge in [0.05, 0.1) is 25.7 Å². The molecule has 0 saturated carbocycles. The number of amides is 1. The van der Waals surface area contributed by atoms with Gasteiger partial charge in [-0.15, -0.1) is 0 Å². The number of carbonyl (C=O) groups is 1. The summed E-state index contributed by atoms with van der Waals surface area (Å²) in [6, 6.07) is 11.7. The molecule has 0 aliphatic carbocycles. The van der Waals surface area contributed by atoms with Crippen LogP contribution in [0.1, 0.15) is 66.5 Å². The highest BCUT2D eigenvalue weighted by molar-refractivity contribution is 5.93. The molecule has 1 atom stereocenters. The van der Waals surface area contributed by atoms with E-state index >= 15 is 0 Å². The molecular weight excluding hydrogens is 597 g/mol. The third kappa shape index (κ3) is 8.57. The molecule has 3 N–H and O–H groups in total. The van der Waals surface area contributed by atoms with Crippen LogP contribution < -0.4 is 20.1 Å². The molecule has 47 heavy (non-hydrogen) atoms. The molecular formula is C36H47FN7O3. The number of H-pyrrole nitrogens is 1. The number of hydrogen-bond acceptors (Lipinski definition) is 8. The number of nitrogens with one attached hydrogen (secondary N) is 3. The Kier molecular flexibility index (Phi) is 10.3. The van der Waals surface area contributed by atoms with Crippen LogP contribution in [0.2, 0.25) is 0 Å². The Labute approximate surface area is 276 Å². The van der Waals surface area contributed by atoms with Crippen LogP contribution in [0, 0.1) is 22.6 Å². The number of methoxy groups -OCH3 is 1. The van der Waals surface area contributed by atoms with Crippen LogP contribution >= 0.6 is 0 Å². The molecule has 0 unspecified atom stereocenters. The van der Waals surface area contributed by atoms with Gasteiger partial charge in [-0.25, -0.2) is 14.4 Å². The van der Waals surface area contributed by atoms with Crippen molar-refractivity contribution in [1.29, 1.82) is 0 Å². The Morgan fingerprint density at radius 1 is 1.06 bits per heavy atom. The number of aromatic amines is 1. The zero-order valence-electron chi connectivity index (χ0n) is 28.5. The van der Waals surface area contributed by atoms with Gasteiger partial charge in [-0.3, -0.25) is 14.8 Å². The molecule has 1 aliphatic heterocycles. The van der Waals surface area contributed by atoms with Gasteiger partial charge in [0.25, 0.3) is 0 Å². The molecule has 5 rings (SSSR count). The smallest absolute Gasteiger partial charge is 0.230 e. The van der Waals surface area contributed by atoms with Crippen LogP contribution in [0.4, 0.5) is 21.7 Å². The number of benzene rings is 2. The van der Waals surface area contributed by atoms with Crippen LogP contribution in [0.25, 0.3) is 10.9 Å². The van der Waals surface area contributed by atoms with Gasteiger partial charge in [-0.1, -0.05) is 47.6 Å². The van der Waals surface area contributed by atoms with Crippen molar-refractivity contribution < 1.29 is 18.7 Å². The van der Waals surface area contributed by atoms with Crippen molar-refractivity contribution >= 4 is 34.1 Å². The topological polar surface area (TPSA) is 117 Å². The van der Waals surface area contributed by atoms with Crippen molar-refractivity contribution in [3.8, 4) is 11.5 Å². The SMILES string of the molecule is COc1cc2c(Nc3cc(CC(=O)Nc4cccc(F)c4)[nH]n3)ncnc2cc1OCCCN1CCC[C@H]1[C](C(C)(C)C)C(C)(C)C. The molecule has 1 saturated heterocycles. The fraction of sp³-hybridized carbons (Fsp3) is 0.472. The first-order chi connectivity index (χ1) is 22.3. The normalized spacial score (nSPS) is 15.7. The largest absolute Gasteiger partial charge is 0.493 e. The number of halogens is 1. The van der Waals surface area contributed by atoms with E-state index in [9.17, 15) is 9.18 Å². The molecule has 10 nitrogen and oxygen atoms in total. The highest BCUT2D eigenvalue weighted by Gasteiger charge is 2.44. The summed E-state index contributed by atoms with van der Waals surface area (Å²) >= 11 is 0. The maximum absolute atomic E-state index is 13.4. The first-order valence-corrected chi connectivity index (χ1v) is 16.3. The predicted molar refractivity (Wildman–Crippen MR) is 184 cm³/mol. The van der Waals surface area contributed by atoms with Crippen LogP contribution in [0.5, 0.6) is 11.5 Å². The Bertz CT molecular complexity index is 1660. The van der Waals surface area contributed by atoms with E-state index in [0.717, 1.165) is 24.9 Å². The zero-order valence-corrected chi connectivity index (χ0v) is 28.5. The fourth-order valence-corrected chi connectivity index (χ4v) is 7.01. The van der Waals surface area contributed by atoms with E-state index in [1.807, 2.05) is 12.1 Å². The lowest BCUT2D eigenvalue weighted by atomic mass is 9.63. The summed E-state index contributed by atoms with van der Waals surface area (Å²) in [5.74, 6) is 3.14. The zero-order chi connectivity index (χ0) is 33.8. The number of fused-ring (bicyclic) bond motifs is 1. The Hall–Kier alpha value is -4.25. The van der Waals surface area contributed by atoms with Gasteiger partial charge in [0.2, 0.25) is 5.91 Å². The number of carbonyl (C=O) groups excluding carboxylic acids is 1. The number of ether oxygens (including phenoxy) is 2. The molecule has 251 valence electrons. The molecule has 3 heterocycles. The summed E-state index contributed by atoms with van der Waals surface area (Å²) in [7, 11) is 1.62. The number of nitrogens with zero attached hydrogens (tertiary/aromatic N) is 4. The minimum atomic E-state index is -0.418. The van der Waals surface area contributed by atoms with Gasteiger partial charge in [0.1, 0.15) is 18.0 Å². The van der Waals surface area contributed by atoms with Gasteiger partial charge < -0.3 is 20.1 Å². The van der Waals surface area contributed by atoms with Crippen molar-refractivity contribution in [2.75, 3.05) is 37.4 Å². The summed E-state index contributed by atoms with van der Waals surface area (Å²) in [4.78, 5) is 24.0. The summed E-state index contributed by atoms with van der Waals surface area (Å²) in [6.07, 6.45) is 4.85. The number of rotatable bonds is 12. The molecule has 1 radical (unpaired) electrons. The van der Waals surface area contributed by atoms with E-state index in [2.05, 4.69) is 77.2 Å². The van der Waals surface area contributed by atoms with Crippen molar-refractivity contribution in [2.24, 2.45) is 10.8 Å². The van der Waals surface area contributed by atoms with Crippen molar-refractivity contribution in [3.05, 3.63) is 66.2 Å². The molecule has 2 aromatic carbocycles. The molecule has 1 fully saturated rings.